The molecule has 2 aromatic carbocycles. The summed E-state index contributed by atoms with van der Waals surface area (Å²) in [6.07, 6.45) is -0.967. The summed E-state index contributed by atoms with van der Waals surface area (Å²) < 4.78 is 0. The summed E-state index contributed by atoms with van der Waals surface area (Å²) in [7, 11) is 0. The number of anilines is 2. The molecular formula is C36H49N7O11. The number of rotatable bonds is 23. The lowest BCUT2D eigenvalue weighted by molar-refractivity contribution is -0.139. The Morgan fingerprint density at radius 1 is 0.889 bits per heavy atom. The largest absolute Gasteiger partial charge is 0.481 e. The fourth-order valence-electron chi connectivity index (χ4n) is 5.14. The van der Waals surface area contributed by atoms with Gasteiger partial charge in [0.15, 0.2) is 0 Å². The van der Waals surface area contributed by atoms with Crippen molar-refractivity contribution in [1.29, 1.82) is 0 Å². The number of primary amides is 1. The lowest BCUT2D eigenvalue weighted by atomic mass is 9.96. The van der Waals surface area contributed by atoms with Crippen LogP contribution in [0.2, 0.25) is 0 Å². The lowest BCUT2D eigenvalue weighted by Crippen LogP contribution is -2.64. The third kappa shape index (κ3) is 14.6. The van der Waals surface area contributed by atoms with Crippen molar-refractivity contribution in [1.82, 2.24) is 21.3 Å². The number of hydrogen-bond donors (Lipinski definition) is 10. The minimum absolute atomic E-state index is 0.0830. The Balaban J connectivity index is 2.16. The standard InChI is InChI=1S/C36H49N7O11/c1-4-21(2)31(42-28(46)16-23-12-14-24(15-13-23)39-35(54)41-25-9-6-5-8-22(25)3)34(53)40-26(10-7-11-29(47)48)33(52)43-36(19-44,20-45)18-38-27(32(37)51)17-30(49)50/h5-6,8-9,12-15,19,21,26-27,31,38,45H,4,7,10-11,16-18,20H2,1-3H3,(H2,37,51)(H,40,53)(H,42,46)(H,43,52)(H,47,48)(H,49,50)(H2,39,41,54)/t21?,26-,27-,31-,36+/m0/s1. The molecule has 18 nitrogen and oxygen atoms in total. The molecule has 6 amide bonds. The number of para-hydroxylation sites is 1. The summed E-state index contributed by atoms with van der Waals surface area (Å²) in [5, 5.41) is 43.7. The molecule has 0 saturated heterocycles. The van der Waals surface area contributed by atoms with Crippen LogP contribution in [0.5, 0.6) is 0 Å². The summed E-state index contributed by atoms with van der Waals surface area (Å²) >= 11 is 0. The maximum absolute atomic E-state index is 13.6. The van der Waals surface area contributed by atoms with Gasteiger partial charge in [-0.1, -0.05) is 50.6 Å². The molecule has 0 heterocycles. The number of carbonyl (C=O) groups excluding carboxylic acids is 6. The molecular weight excluding hydrogens is 706 g/mol. The Labute approximate surface area is 312 Å². The number of carbonyl (C=O) groups is 8. The molecule has 1 unspecified atom stereocenters. The summed E-state index contributed by atoms with van der Waals surface area (Å²) in [5.41, 5.74) is 5.70. The fraction of sp³-hybridized carbons (Fsp3) is 0.444. The topological polar surface area (TPSA) is 295 Å². The number of aldehydes is 1. The van der Waals surface area contributed by atoms with Gasteiger partial charge in [0.2, 0.25) is 23.6 Å². The maximum atomic E-state index is 13.6. The molecule has 0 saturated carbocycles. The lowest BCUT2D eigenvalue weighted by Gasteiger charge is -2.32. The molecule has 294 valence electrons. The van der Waals surface area contributed by atoms with Crippen LogP contribution in [-0.4, -0.2) is 100 Å². The van der Waals surface area contributed by atoms with Crippen LogP contribution in [0.15, 0.2) is 48.5 Å². The number of aliphatic hydroxyl groups is 1. The van der Waals surface area contributed by atoms with Crippen molar-refractivity contribution in [3.8, 4) is 0 Å². The highest BCUT2D eigenvalue weighted by atomic mass is 16.4. The van der Waals surface area contributed by atoms with E-state index >= 15 is 0 Å². The molecule has 0 bridgehead atoms. The number of carboxylic acids is 2. The summed E-state index contributed by atoms with van der Waals surface area (Å²) in [4.78, 5) is 98.9. The number of amides is 6. The van der Waals surface area contributed by atoms with Crippen LogP contribution in [0.3, 0.4) is 0 Å². The van der Waals surface area contributed by atoms with E-state index in [0.717, 1.165) is 5.56 Å². The van der Waals surface area contributed by atoms with Crippen LogP contribution in [-0.2, 0) is 40.0 Å². The van der Waals surface area contributed by atoms with E-state index in [1.165, 1.54) is 0 Å². The second-order valence-electron chi connectivity index (χ2n) is 12.9. The predicted octanol–water partition coefficient (Wildman–Crippen LogP) is 0.417. The van der Waals surface area contributed by atoms with E-state index in [2.05, 4.69) is 31.9 Å². The van der Waals surface area contributed by atoms with Crippen molar-refractivity contribution in [2.45, 2.75) is 83.0 Å². The smallest absolute Gasteiger partial charge is 0.323 e. The van der Waals surface area contributed by atoms with Gasteiger partial charge in [0.05, 0.1) is 25.5 Å². The van der Waals surface area contributed by atoms with Gasteiger partial charge in [-0.25, -0.2) is 4.79 Å². The molecule has 0 spiro atoms. The fourth-order valence-corrected chi connectivity index (χ4v) is 5.14. The van der Waals surface area contributed by atoms with E-state index in [1.807, 2.05) is 19.1 Å². The van der Waals surface area contributed by atoms with Crippen molar-refractivity contribution in [3.63, 3.8) is 0 Å². The highest BCUT2D eigenvalue weighted by Crippen LogP contribution is 2.16. The molecule has 2 aromatic rings. The highest BCUT2D eigenvalue weighted by Gasteiger charge is 2.37. The molecule has 5 atom stereocenters. The predicted molar refractivity (Wildman–Crippen MR) is 196 cm³/mol. The van der Waals surface area contributed by atoms with Crippen molar-refractivity contribution in [3.05, 3.63) is 59.7 Å². The van der Waals surface area contributed by atoms with Gasteiger partial charge in [-0.3, -0.25) is 28.8 Å². The first-order chi connectivity index (χ1) is 25.5. The van der Waals surface area contributed by atoms with Gasteiger partial charge in [0.25, 0.3) is 0 Å². The molecule has 0 aliphatic carbocycles. The Morgan fingerprint density at radius 2 is 1.56 bits per heavy atom. The molecule has 0 aliphatic heterocycles. The average molecular weight is 756 g/mol. The molecule has 11 N–H and O–H groups in total. The number of aliphatic hydroxyl groups excluding tert-OH is 1. The zero-order valence-electron chi connectivity index (χ0n) is 30.3. The second-order valence-corrected chi connectivity index (χ2v) is 12.9. The van der Waals surface area contributed by atoms with Crippen molar-refractivity contribution in [2.75, 3.05) is 23.8 Å². The van der Waals surface area contributed by atoms with E-state index < -0.39 is 90.8 Å². The van der Waals surface area contributed by atoms with Crippen LogP contribution in [0, 0.1) is 12.8 Å². The number of nitrogens with two attached hydrogens (primary N) is 1. The van der Waals surface area contributed by atoms with Crippen LogP contribution in [0.1, 0.15) is 57.1 Å². The van der Waals surface area contributed by atoms with Gasteiger partial charge >= 0.3 is 18.0 Å². The minimum Gasteiger partial charge on any atom is -0.481 e. The SMILES string of the molecule is CCC(C)[C@H](NC(=O)Cc1ccc(NC(=O)Nc2ccccc2C)cc1)C(=O)N[C@@H](CCCC(=O)O)C(=O)N[C@](C=O)(CO)CN[C@@H](CC(=O)O)C(N)=O. The van der Waals surface area contributed by atoms with E-state index in [-0.39, 0.29) is 32.0 Å². The summed E-state index contributed by atoms with van der Waals surface area (Å²) in [5.74, 6) is -6.36. The number of hydrogen-bond acceptors (Lipinski definition) is 10. The number of aliphatic carboxylic acids is 2. The Hall–Kier alpha value is -5.88. The van der Waals surface area contributed by atoms with Gasteiger partial charge < -0.3 is 57.7 Å². The van der Waals surface area contributed by atoms with Gasteiger partial charge in [-0.15, -0.1) is 0 Å². The number of carboxylic acid groups (broad SMARTS) is 2. The number of urea groups is 1. The average Bonchev–Trinajstić information content (AvgIpc) is 3.12. The first-order valence-electron chi connectivity index (χ1n) is 17.2. The number of benzene rings is 2. The highest BCUT2D eigenvalue weighted by molar-refractivity contribution is 6.00. The van der Waals surface area contributed by atoms with Gasteiger partial charge in [0.1, 0.15) is 23.9 Å². The van der Waals surface area contributed by atoms with E-state index in [1.54, 1.807) is 50.2 Å². The zero-order chi connectivity index (χ0) is 40.4. The third-order valence-corrected chi connectivity index (χ3v) is 8.56. The third-order valence-electron chi connectivity index (χ3n) is 8.56. The molecule has 0 fully saturated rings. The van der Waals surface area contributed by atoms with Crippen molar-refractivity contribution < 1.29 is 53.7 Å². The monoisotopic (exact) mass is 755 g/mol. The number of nitrogens with one attached hydrogen (secondary N) is 6. The van der Waals surface area contributed by atoms with Gasteiger partial charge in [-0.05, 0) is 55.0 Å². The van der Waals surface area contributed by atoms with Gasteiger partial charge in [0, 0.05) is 24.3 Å². The van der Waals surface area contributed by atoms with Gasteiger partial charge in [-0.2, -0.15) is 0 Å². The Bertz CT molecular complexity index is 1650. The first kappa shape index (κ1) is 44.3. The van der Waals surface area contributed by atoms with Crippen LogP contribution >= 0.6 is 0 Å². The maximum Gasteiger partial charge on any atom is 0.323 e. The molecule has 0 aliphatic rings. The summed E-state index contributed by atoms with van der Waals surface area (Å²) in [6, 6.07) is 9.26. The normalized spacial score (nSPS) is 14.1. The molecule has 2 rings (SSSR count). The molecule has 54 heavy (non-hydrogen) atoms. The van der Waals surface area contributed by atoms with Crippen molar-refractivity contribution >= 4 is 59.3 Å². The minimum atomic E-state index is -2.10. The van der Waals surface area contributed by atoms with Crippen LogP contribution < -0.4 is 37.6 Å². The van der Waals surface area contributed by atoms with Crippen molar-refractivity contribution in [2.24, 2.45) is 11.7 Å². The second kappa shape index (κ2) is 21.6. The molecule has 0 radical (unpaired) electrons. The van der Waals surface area contributed by atoms with E-state index in [0.29, 0.717) is 23.4 Å². The zero-order valence-corrected chi connectivity index (χ0v) is 30.3. The number of aryl methyl sites for hydroxylation is 1. The molecule has 18 heteroatoms. The van der Waals surface area contributed by atoms with Crippen LogP contribution in [0.25, 0.3) is 0 Å². The first-order valence-corrected chi connectivity index (χ1v) is 17.2. The Kier molecular flexibility index (Phi) is 17.7. The molecule has 0 aromatic heterocycles. The Morgan fingerprint density at radius 3 is 2.11 bits per heavy atom. The van der Waals surface area contributed by atoms with E-state index in [9.17, 15) is 43.5 Å². The van der Waals surface area contributed by atoms with E-state index in [4.69, 9.17) is 15.9 Å². The quantitative estimate of drug-likeness (QED) is 0.0691. The summed E-state index contributed by atoms with van der Waals surface area (Å²) in [6.45, 7) is 3.71. The van der Waals surface area contributed by atoms with Crippen LogP contribution in [0.4, 0.5) is 16.2 Å².